The summed E-state index contributed by atoms with van der Waals surface area (Å²) in [6.45, 7) is 0. The lowest BCUT2D eigenvalue weighted by Crippen LogP contribution is -2.17. The van der Waals surface area contributed by atoms with Crippen LogP contribution in [-0.4, -0.2) is 24.1 Å². The minimum atomic E-state index is -1.23. The van der Waals surface area contributed by atoms with Gasteiger partial charge in [-0.2, -0.15) is 0 Å². The second-order valence-electron chi connectivity index (χ2n) is 5.73. The molecule has 6 heteroatoms. The lowest BCUT2D eigenvalue weighted by Gasteiger charge is -2.10. The molecule has 0 saturated carbocycles. The summed E-state index contributed by atoms with van der Waals surface area (Å²) in [5.41, 5.74) is 1.16. The topological polar surface area (TPSA) is 75.6 Å². The summed E-state index contributed by atoms with van der Waals surface area (Å²) in [4.78, 5) is 23.6. The van der Waals surface area contributed by atoms with E-state index in [0.717, 1.165) is 5.56 Å². The second-order valence-corrected chi connectivity index (χ2v) is 5.73. The van der Waals surface area contributed by atoms with Crippen LogP contribution in [0.15, 0.2) is 66.7 Å². The van der Waals surface area contributed by atoms with E-state index in [1.54, 1.807) is 37.4 Å². The maximum absolute atomic E-state index is 14.5. The van der Waals surface area contributed by atoms with Crippen LogP contribution in [0.4, 0.5) is 10.1 Å². The number of carboxylic acids is 1. The molecule has 27 heavy (non-hydrogen) atoms. The van der Waals surface area contributed by atoms with Gasteiger partial charge in [-0.1, -0.05) is 30.3 Å². The number of ether oxygens (including phenoxy) is 1. The van der Waals surface area contributed by atoms with Gasteiger partial charge in [0.05, 0.1) is 23.9 Å². The summed E-state index contributed by atoms with van der Waals surface area (Å²) in [5, 5.41) is 11.6. The van der Waals surface area contributed by atoms with E-state index < -0.39 is 17.7 Å². The molecule has 3 aromatic carbocycles. The van der Waals surface area contributed by atoms with Gasteiger partial charge in [0.25, 0.3) is 5.91 Å². The fourth-order valence-corrected chi connectivity index (χ4v) is 2.66. The first-order valence-electron chi connectivity index (χ1n) is 8.07. The fourth-order valence-electron chi connectivity index (χ4n) is 2.66. The number of benzene rings is 3. The molecule has 5 nitrogen and oxygen atoms in total. The zero-order valence-corrected chi connectivity index (χ0v) is 14.4. The molecular weight excluding hydrogens is 349 g/mol. The summed E-state index contributed by atoms with van der Waals surface area (Å²) in [6, 6.07) is 17.3. The Hall–Kier alpha value is -3.67. The average molecular weight is 365 g/mol. The number of aromatic carboxylic acids is 1. The zero-order chi connectivity index (χ0) is 19.4. The Morgan fingerprint density at radius 1 is 0.926 bits per heavy atom. The Balaban J connectivity index is 1.86. The minimum Gasteiger partial charge on any atom is -0.497 e. The molecule has 0 aromatic heterocycles. The van der Waals surface area contributed by atoms with Crippen LogP contribution < -0.4 is 10.1 Å². The average Bonchev–Trinajstić information content (AvgIpc) is 2.69. The van der Waals surface area contributed by atoms with Crippen molar-refractivity contribution in [2.75, 3.05) is 12.4 Å². The van der Waals surface area contributed by atoms with Crippen molar-refractivity contribution in [3.8, 4) is 16.9 Å². The van der Waals surface area contributed by atoms with Crippen molar-refractivity contribution in [1.82, 2.24) is 0 Å². The van der Waals surface area contributed by atoms with Gasteiger partial charge < -0.3 is 15.2 Å². The number of hydrogen-bond acceptors (Lipinski definition) is 3. The summed E-state index contributed by atoms with van der Waals surface area (Å²) < 4.78 is 19.7. The first-order valence-corrected chi connectivity index (χ1v) is 8.07. The quantitative estimate of drug-likeness (QED) is 0.700. The second kappa shape index (κ2) is 7.70. The lowest BCUT2D eigenvalue weighted by atomic mass is 10.0. The van der Waals surface area contributed by atoms with E-state index in [1.165, 1.54) is 30.3 Å². The van der Waals surface area contributed by atoms with E-state index in [4.69, 9.17) is 4.74 Å². The minimum absolute atomic E-state index is 0.0353. The predicted molar refractivity (Wildman–Crippen MR) is 99.7 cm³/mol. The normalized spacial score (nSPS) is 10.3. The Morgan fingerprint density at radius 2 is 1.63 bits per heavy atom. The van der Waals surface area contributed by atoms with E-state index in [2.05, 4.69) is 5.32 Å². The Kier molecular flexibility index (Phi) is 5.17. The molecule has 3 rings (SSSR count). The van der Waals surface area contributed by atoms with E-state index in [0.29, 0.717) is 11.3 Å². The highest BCUT2D eigenvalue weighted by atomic mass is 19.1. The Labute approximate surface area is 155 Å². The molecule has 136 valence electrons. The summed E-state index contributed by atoms with van der Waals surface area (Å²) in [6.07, 6.45) is 0. The van der Waals surface area contributed by atoms with Crippen molar-refractivity contribution >= 4 is 17.6 Å². The van der Waals surface area contributed by atoms with Gasteiger partial charge in [-0.15, -0.1) is 0 Å². The number of rotatable bonds is 5. The monoisotopic (exact) mass is 365 g/mol. The van der Waals surface area contributed by atoms with Gasteiger partial charge >= 0.3 is 5.97 Å². The third-order valence-electron chi connectivity index (χ3n) is 4.02. The first kappa shape index (κ1) is 18.1. The number of carbonyl (C=O) groups excluding carboxylic acids is 1. The van der Waals surface area contributed by atoms with Crippen LogP contribution in [0, 0.1) is 5.82 Å². The molecule has 0 fully saturated rings. The molecule has 0 aliphatic rings. The molecule has 0 atom stereocenters. The standard InChI is InChI=1S/C21H16FNO4/c1-27-15-6-4-5-13(11-15)14-9-10-19(18(22)12-14)23-20(24)16-7-2-3-8-17(16)21(25)26/h2-12H,1H3,(H,23,24)(H,25,26). The molecule has 1 amide bonds. The van der Waals surface area contributed by atoms with Gasteiger partial charge in [0.1, 0.15) is 11.6 Å². The van der Waals surface area contributed by atoms with Crippen molar-refractivity contribution in [1.29, 1.82) is 0 Å². The molecular formula is C21H16FNO4. The van der Waals surface area contributed by atoms with Crippen molar-refractivity contribution in [3.05, 3.63) is 83.7 Å². The van der Waals surface area contributed by atoms with Gasteiger partial charge in [-0.3, -0.25) is 4.79 Å². The van der Waals surface area contributed by atoms with Crippen LogP contribution in [0.25, 0.3) is 11.1 Å². The third kappa shape index (κ3) is 3.95. The molecule has 2 N–H and O–H groups in total. The summed E-state index contributed by atoms with van der Waals surface area (Å²) >= 11 is 0. The van der Waals surface area contributed by atoms with Gasteiger partial charge in [0.2, 0.25) is 0 Å². The molecule has 0 saturated heterocycles. The number of methoxy groups -OCH3 is 1. The van der Waals surface area contributed by atoms with E-state index in [9.17, 15) is 19.1 Å². The predicted octanol–water partition coefficient (Wildman–Crippen LogP) is 4.45. The highest BCUT2D eigenvalue weighted by Crippen LogP contribution is 2.27. The van der Waals surface area contributed by atoms with Crippen molar-refractivity contribution in [2.45, 2.75) is 0 Å². The number of anilines is 1. The van der Waals surface area contributed by atoms with Crippen LogP contribution >= 0.6 is 0 Å². The fraction of sp³-hybridized carbons (Fsp3) is 0.0476. The van der Waals surface area contributed by atoms with Gasteiger partial charge in [-0.05, 0) is 47.5 Å². The maximum Gasteiger partial charge on any atom is 0.336 e. The third-order valence-corrected chi connectivity index (χ3v) is 4.02. The molecule has 0 unspecified atom stereocenters. The number of amides is 1. The van der Waals surface area contributed by atoms with Crippen LogP contribution in [0.1, 0.15) is 20.7 Å². The van der Waals surface area contributed by atoms with E-state index in [-0.39, 0.29) is 16.8 Å². The highest BCUT2D eigenvalue weighted by molar-refractivity contribution is 6.10. The van der Waals surface area contributed by atoms with Crippen LogP contribution in [0.2, 0.25) is 0 Å². The number of halogens is 1. The van der Waals surface area contributed by atoms with Crippen LogP contribution in [0.5, 0.6) is 5.75 Å². The highest BCUT2D eigenvalue weighted by Gasteiger charge is 2.17. The molecule has 0 bridgehead atoms. The summed E-state index contributed by atoms with van der Waals surface area (Å²) in [5.74, 6) is -1.90. The van der Waals surface area contributed by atoms with Gasteiger partial charge in [-0.25, -0.2) is 9.18 Å². The SMILES string of the molecule is COc1cccc(-c2ccc(NC(=O)c3ccccc3C(=O)O)c(F)c2)c1. The molecule has 0 aliphatic carbocycles. The Morgan fingerprint density at radius 3 is 2.30 bits per heavy atom. The lowest BCUT2D eigenvalue weighted by molar-refractivity contribution is 0.0692. The van der Waals surface area contributed by atoms with Crippen molar-refractivity contribution < 1.29 is 23.8 Å². The smallest absolute Gasteiger partial charge is 0.336 e. The molecule has 0 heterocycles. The van der Waals surface area contributed by atoms with Gasteiger partial charge in [0, 0.05) is 0 Å². The first-order chi connectivity index (χ1) is 13.0. The summed E-state index contributed by atoms with van der Waals surface area (Å²) in [7, 11) is 1.55. The maximum atomic E-state index is 14.5. The number of carbonyl (C=O) groups is 2. The molecule has 0 radical (unpaired) electrons. The Bertz CT molecular complexity index is 1020. The van der Waals surface area contributed by atoms with Crippen molar-refractivity contribution in [2.24, 2.45) is 0 Å². The number of nitrogens with one attached hydrogen (secondary N) is 1. The van der Waals surface area contributed by atoms with E-state index in [1.807, 2.05) is 6.07 Å². The number of carboxylic acid groups (broad SMARTS) is 1. The largest absolute Gasteiger partial charge is 0.497 e. The zero-order valence-electron chi connectivity index (χ0n) is 14.4. The molecule has 0 aliphatic heterocycles. The molecule has 0 spiro atoms. The molecule has 3 aromatic rings. The van der Waals surface area contributed by atoms with Crippen molar-refractivity contribution in [3.63, 3.8) is 0 Å². The van der Waals surface area contributed by atoms with Crippen LogP contribution in [0.3, 0.4) is 0 Å². The van der Waals surface area contributed by atoms with E-state index >= 15 is 0 Å². The van der Waals surface area contributed by atoms with Gasteiger partial charge in [0.15, 0.2) is 0 Å². The number of hydrogen-bond donors (Lipinski definition) is 2. The van der Waals surface area contributed by atoms with Crippen LogP contribution in [-0.2, 0) is 0 Å².